The summed E-state index contributed by atoms with van der Waals surface area (Å²) >= 11 is 0. The number of allylic oxidation sites excluding steroid dienone is 8. The number of rotatable bonds is 41. The zero-order chi connectivity index (χ0) is 44.6. The van der Waals surface area contributed by atoms with Crippen molar-refractivity contribution in [2.75, 3.05) is 54.1 Å². The van der Waals surface area contributed by atoms with Crippen molar-refractivity contribution < 1.29 is 52.6 Å². The lowest BCUT2D eigenvalue weighted by Crippen LogP contribution is -2.37. The van der Waals surface area contributed by atoms with Crippen LogP contribution >= 0.6 is 7.82 Å². The molecule has 0 aliphatic carbocycles. The first-order valence-corrected chi connectivity index (χ1v) is 24.5. The standard InChI is InChI=1S/C48H86NO10P/c1-6-8-10-11-12-13-14-15-16-17-18-19-20-23-26-33-40-56-42-45(43-58-60(54,55)57-41-39-49(3,4)5)59-48(53)38-32-27-30-35-44(50)34-29-24-21-22-25-31-37-47(52)46(51)36-28-9-7-2/h9,21-22,24-25,27-31,34,37,44-47,50-52H,6-8,10-20,23,26,32-33,35-36,38-43H2,1-5H3/p+1/b24-21+,25-22-,28-9-,30-27+,34-29+,37-31+. The lowest BCUT2D eigenvalue weighted by molar-refractivity contribution is -0.870. The SMILES string of the molecule is CC/C=C\CC(O)C(O)/C=C/C=C\C=C\C=C\C(O)C/C=C/CCC(=O)OC(COCCCCCCCCCCCCCCCCCC)COP(=O)(O)OCC[N+](C)(C)C. The van der Waals surface area contributed by atoms with Crippen LogP contribution in [0.25, 0.3) is 0 Å². The predicted octanol–water partition coefficient (Wildman–Crippen LogP) is 10.4. The van der Waals surface area contributed by atoms with E-state index >= 15 is 0 Å². The molecular formula is C48H87NO10P+. The fourth-order valence-electron chi connectivity index (χ4n) is 5.90. The van der Waals surface area contributed by atoms with Gasteiger partial charge in [0.25, 0.3) is 0 Å². The molecule has 0 aliphatic rings. The van der Waals surface area contributed by atoms with Gasteiger partial charge in [0.1, 0.15) is 19.3 Å². The molecule has 11 nitrogen and oxygen atoms in total. The molecule has 0 amide bonds. The molecule has 0 spiro atoms. The number of carbonyl (C=O) groups excluding carboxylic acids is 1. The van der Waals surface area contributed by atoms with Crippen LogP contribution in [0.4, 0.5) is 0 Å². The molecule has 0 rings (SSSR count). The largest absolute Gasteiger partial charge is 0.472 e. The number of aliphatic hydroxyl groups excluding tert-OH is 3. The van der Waals surface area contributed by atoms with Crippen molar-refractivity contribution in [1.82, 2.24) is 0 Å². The molecule has 60 heavy (non-hydrogen) atoms. The van der Waals surface area contributed by atoms with Crippen LogP contribution in [0.2, 0.25) is 0 Å². The Bertz CT molecular complexity index is 1240. The highest BCUT2D eigenvalue weighted by molar-refractivity contribution is 7.47. The maximum atomic E-state index is 12.7. The summed E-state index contributed by atoms with van der Waals surface area (Å²) in [6.07, 6.45) is 40.4. The van der Waals surface area contributed by atoms with E-state index in [-0.39, 0.29) is 26.2 Å². The summed E-state index contributed by atoms with van der Waals surface area (Å²) in [6.45, 7) is 5.04. The first kappa shape index (κ1) is 57.8. The summed E-state index contributed by atoms with van der Waals surface area (Å²) in [6, 6.07) is 0. The Balaban J connectivity index is 4.54. The van der Waals surface area contributed by atoms with Crippen LogP contribution < -0.4 is 0 Å². The van der Waals surface area contributed by atoms with Crippen molar-refractivity contribution in [1.29, 1.82) is 0 Å². The number of ether oxygens (including phenoxy) is 2. The van der Waals surface area contributed by atoms with Gasteiger partial charge in [-0.15, -0.1) is 0 Å². The van der Waals surface area contributed by atoms with E-state index < -0.39 is 38.2 Å². The molecule has 5 atom stereocenters. The molecule has 0 heterocycles. The molecule has 0 saturated carbocycles. The molecular weight excluding hydrogens is 781 g/mol. The second-order valence-corrected chi connectivity index (χ2v) is 18.1. The van der Waals surface area contributed by atoms with Crippen molar-refractivity contribution in [2.24, 2.45) is 0 Å². The van der Waals surface area contributed by atoms with Gasteiger partial charge in [0.15, 0.2) is 0 Å². The second kappa shape index (κ2) is 39.7. The zero-order valence-electron chi connectivity index (χ0n) is 38.3. The van der Waals surface area contributed by atoms with Crippen molar-refractivity contribution in [3.63, 3.8) is 0 Å². The number of phosphoric acid groups is 1. The van der Waals surface area contributed by atoms with Gasteiger partial charge in [-0.25, -0.2) is 4.57 Å². The average Bonchev–Trinajstić information content (AvgIpc) is 3.19. The second-order valence-electron chi connectivity index (χ2n) is 16.6. The number of esters is 1. The molecule has 0 fully saturated rings. The minimum Gasteiger partial charge on any atom is -0.457 e. The molecule has 0 aromatic rings. The minimum atomic E-state index is -4.35. The summed E-state index contributed by atoms with van der Waals surface area (Å²) in [7, 11) is 1.50. The monoisotopic (exact) mass is 869 g/mol. The smallest absolute Gasteiger partial charge is 0.457 e. The molecule has 0 aromatic carbocycles. The van der Waals surface area contributed by atoms with E-state index in [9.17, 15) is 29.6 Å². The third-order valence-corrected chi connectivity index (χ3v) is 10.6. The first-order chi connectivity index (χ1) is 28.8. The average molecular weight is 869 g/mol. The summed E-state index contributed by atoms with van der Waals surface area (Å²) in [4.78, 5) is 22.9. The van der Waals surface area contributed by atoms with E-state index in [4.69, 9.17) is 18.5 Å². The van der Waals surface area contributed by atoms with Gasteiger partial charge < -0.3 is 34.2 Å². The molecule has 4 N–H and O–H groups in total. The lowest BCUT2D eigenvalue weighted by atomic mass is 10.0. The number of nitrogens with zero attached hydrogens (tertiary/aromatic N) is 1. The number of likely N-dealkylation sites (N-methyl/N-ethyl adjacent to an activating group) is 1. The van der Waals surface area contributed by atoms with Crippen molar-refractivity contribution in [2.45, 2.75) is 173 Å². The van der Waals surface area contributed by atoms with Gasteiger partial charge in [0.2, 0.25) is 0 Å². The molecule has 5 unspecified atom stereocenters. The van der Waals surface area contributed by atoms with Gasteiger partial charge in [0, 0.05) is 13.0 Å². The van der Waals surface area contributed by atoms with Crippen LogP contribution in [0.15, 0.2) is 72.9 Å². The highest BCUT2D eigenvalue weighted by Crippen LogP contribution is 2.43. The van der Waals surface area contributed by atoms with E-state index in [1.54, 1.807) is 54.7 Å². The Labute approximate surface area is 365 Å². The fraction of sp³-hybridized carbons (Fsp3) is 0.729. The topological polar surface area (TPSA) is 152 Å². The van der Waals surface area contributed by atoms with Crippen LogP contribution in [0.3, 0.4) is 0 Å². The van der Waals surface area contributed by atoms with Crippen LogP contribution in [0.1, 0.15) is 149 Å². The molecule has 348 valence electrons. The maximum absolute atomic E-state index is 12.7. The number of hydrogen-bond donors (Lipinski definition) is 4. The van der Waals surface area contributed by atoms with Crippen LogP contribution in [-0.2, 0) is 27.9 Å². The highest BCUT2D eigenvalue weighted by Gasteiger charge is 2.26. The Morgan fingerprint density at radius 3 is 1.73 bits per heavy atom. The van der Waals surface area contributed by atoms with E-state index in [0.29, 0.717) is 36.9 Å². The first-order valence-electron chi connectivity index (χ1n) is 23.0. The molecule has 0 aliphatic heterocycles. The summed E-state index contributed by atoms with van der Waals surface area (Å²) in [5, 5.41) is 30.1. The van der Waals surface area contributed by atoms with Crippen molar-refractivity contribution in [3.05, 3.63) is 72.9 Å². The Hall–Kier alpha value is -2.18. The number of unbranched alkanes of at least 4 members (excludes halogenated alkanes) is 15. The number of aliphatic hydroxyl groups is 3. The third-order valence-electron chi connectivity index (χ3n) is 9.61. The predicted molar refractivity (Wildman–Crippen MR) is 246 cm³/mol. The fourth-order valence-corrected chi connectivity index (χ4v) is 6.64. The van der Waals surface area contributed by atoms with E-state index in [0.717, 1.165) is 25.7 Å². The summed E-state index contributed by atoms with van der Waals surface area (Å²) in [5.74, 6) is -0.485. The Kier molecular flexibility index (Phi) is 38.2. The van der Waals surface area contributed by atoms with Gasteiger partial charge in [-0.05, 0) is 32.1 Å². The molecule has 12 heteroatoms. The van der Waals surface area contributed by atoms with E-state index in [2.05, 4.69) is 6.92 Å². The van der Waals surface area contributed by atoms with E-state index in [1.807, 2.05) is 40.2 Å². The Morgan fingerprint density at radius 2 is 1.17 bits per heavy atom. The van der Waals surface area contributed by atoms with E-state index in [1.165, 1.54) is 89.5 Å². The summed E-state index contributed by atoms with van der Waals surface area (Å²) < 4.78 is 34.8. The third kappa shape index (κ3) is 41.2. The number of quaternary nitrogens is 1. The minimum absolute atomic E-state index is 0.0393. The normalized spacial score (nSPS) is 15.9. The van der Waals surface area contributed by atoms with Crippen LogP contribution in [-0.4, -0.2) is 109 Å². The summed E-state index contributed by atoms with van der Waals surface area (Å²) in [5.41, 5.74) is 0. The zero-order valence-corrected chi connectivity index (χ0v) is 39.1. The number of hydrogen-bond acceptors (Lipinski definition) is 9. The van der Waals surface area contributed by atoms with Crippen LogP contribution in [0, 0.1) is 0 Å². The van der Waals surface area contributed by atoms with Gasteiger partial charge in [0.05, 0.1) is 52.7 Å². The van der Waals surface area contributed by atoms with Gasteiger partial charge in [-0.1, -0.05) is 183 Å². The van der Waals surface area contributed by atoms with Crippen molar-refractivity contribution >= 4 is 13.8 Å². The molecule has 0 aromatic heterocycles. The highest BCUT2D eigenvalue weighted by atomic mass is 31.2. The lowest BCUT2D eigenvalue weighted by Gasteiger charge is -2.24. The van der Waals surface area contributed by atoms with Gasteiger partial charge >= 0.3 is 13.8 Å². The Morgan fingerprint density at radius 1 is 0.633 bits per heavy atom. The van der Waals surface area contributed by atoms with Gasteiger partial charge in [-0.2, -0.15) is 0 Å². The van der Waals surface area contributed by atoms with Gasteiger partial charge in [-0.3, -0.25) is 13.8 Å². The quantitative estimate of drug-likeness (QED) is 0.0117. The maximum Gasteiger partial charge on any atom is 0.472 e. The van der Waals surface area contributed by atoms with Crippen LogP contribution in [0.5, 0.6) is 0 Å². The van der Waals surface area contributed by atoms with Crippen molar-refractivity contribution in [3.8, 4) is 0 Å². The molecule has 0 saturated heterocycles. The molecule has 0 bridgehead atoms. The molecule has 0 radical (unpaired) electrons. The number of carbonyl (C=O) groups is 1. The number of phosphoric ester groups is 1.